The summed E-state index contributed by atoms with van der Waals surface area (Å²) in [6, 6.07) is 4.26. The Morgan fingerprint density at radius 3 is 3.00 bits per heavy atom. The topological polar surface area (TPSA) is 26.0 Å². The highest BCUT2D eigenvalue weighted by atomic mass is 32.1. The van der Waals surface area contributed by atoms with E-state index < -0.39 is 0 Å². The van der Waals surface area contributed by atoms with Crippen molar-refractivity contribution in [1.29, 1.82) is 0 Å². The molecule has 0 amide bonds. The molecule has 0 aliphatic carbocycles. The fourth-order valence-corrected chi connectivity index (χ4v) is 1.79. The molecule has 1 nitrogen and oxygen atoms in total. The molecule has 0 aliphatic heterocycles. The standard InChI is InChI=1S/C8H13NS/c1-7(4-5-9)8-3-2-6-10-8/h2-3,6-7H,4-5,9H2,1H3/t7-/m1/s1. The zero-order valence-corrected chi connectivity index (χ0v) is 7.03. The highest BCUT2D eigenvalue weighted by Gasteiger charge is 2.03. The Morgan fingerprint density at radius 2 is 2.50 bits per heavy atom. The van der Waals surface area contributed by atoms with Crippen LogP contribution in [-0.4, -0.2) is 6.54 Å². The Bertz CT molecular complexity index is 169. The molecule has 0 saturated heterocycles. The van der Waals surface area contributed by atoms with Gasteiger partial charge in [-0.15, -0.1) is 11.3 Å². The molecule has 0 fully saturated rings. The van der Waals surface area contributed by atoms with E-state index in [1.807, 2.05) is 11.3 Å². The summed E-state index contributed by atoms with van der Waals surface area (Å²) >= 11 is 1.82. The summed E-state index contributed by atoms with van der Waals surface area (Å²) < 4.78 is 0. The van der Waals surface area contributed by atoms with Crippen molar-refractivity contribution in [3.63, 3.8) is 0 Å². The van der Waals surface area contributed by atoms with Gasteiger partial charge in [0, 0.05) is 4.88 Å². The van der Waals surface area contributed by atoms with Crippen LogP contribution in [0, 0.1) is 0 Å². The average Bonchev–Trinajstić information content (AvgIpc) is 2.38. The van der Waals surface area contributed by atoms with E-state index in [9.17, 15) is 0 Å². The molecule has 2 N–H and O–H groups in total. The van der Waals surface area contributed by atoms with Crippen molar-refractivity contribution in [3.05, 3.63) is 22.4 Å². The van der Waals surface area contributed by atoms with Gasteiger partial charge in [-0.3, -0.25) is 0 Å². The largest absolute Gasteiger partial charge is 0.330 e. The van der Waals surface area contributed by atoms with Crippen molar-refractivity contribution >= 4 is 11.3 Å². The second kappa shape index (κ2) is 3.74. The molecule has 56 valence electrons. The summed E-state index contributed by atoms with van der Waals surface area (Å²) in [5.74, 6) is 0.644. The number of hydrogen-bond donors (Lipinski definition) is 1. The summed E-state index contributed by atoms with van der Waals surface area (Å²) in [6.45, 7) is 3.01. The third kappa shape index (κ3) is 1.82. The van der Waals surface area contributed by atoms with Gasteiger partial charge in [-0.05, 0) is 30.3 Å². The fourth-order valence-electron chi connectivity index (χ4n) is 0.964. The Balaban J connectivity index is 2.50. The summed E-state index contributed by atoms with van der Waals surface area (Å²) in [6.07, 6.45) is 1.10. The van der Waals surface area contributed by atoms with Gasteiger partial charge in [0.05, 0.1) is 0 Å². The zero-order valence-electron chi connectivity index (χ0n) is 6.21. The molecule has 1 aromatic rings. The van der Waals surface area contributed by atoms with Crippen LogP contribution < -0.4 is 5.73 Å². The molecule has 1 heterocycles. The van der Waals surface area contributed by atoms with Crippen molar-refractivity contribution in [2.75, 3.05) is 6.54 Å². The lowest BCUT2D eigenvalue weighted by atomic mass is 10.1. The van der Waals surface area contributed by atoms with Crippen LogP contribution in [-0.2, 0) is 0 Å². The number of thiophene rings is 1. The van der Waals surface area contributed by atoms with Gasteiger partial charge in [-0.1, -0.05) is 13.0 Å². The number of hydrogen-bond acceptors (Lipinski definition) is 2. The molecule has 0 bridgehead atoms. The van der Waals surface area contributed by atoms with Gasteiger partial charge in [0.2, 0.25) is 0 Å². The molecule has 10 heavy (non-hydrogen) atoms. The molecule has 0 aliphatic rings. The third-order valence-electron chi connectivity index (χ3n) is 1.63. The van der Waals surface area contributed by atoms with E-state index in [-0.39, 0.29) is 0 Å². The van der Waals surface area contributed by atoms with Gasteiger partial charge in [-0.25, -0.2) is 0 Å². The first-order valence-corrected chi connectivity index (χ1v) is 4.46. The van der Waals surface area contributed by atoms with E-state index in [2.05, 4.69) is 24.4 Å². The van der Waals surface area contributed by atoms with Crippen LogP contribution in [0.2, 0.25) is 0 Å². The Kier molecular flexibility index (Phi) is 2.90. The lowest BCUT2D eigenvalue weighted by molar-refractivity contribution is 0.701. The number of nitrogens with two attached hydrogens (primary N) is 1. The first-order chi connectivity index (χ1) is 4.84. The van der Waals surface area contributed by atoms with E-state index in [4.69, 9.17) is 5.73 Å². The van der Waals surface area contributed by atoms with E-state index in [0.29, 0.717) is 5.92 Å². The number of rotatable bonds is 3. The highest BCUT2D eigenvalue weighted by molar-refractivity contribution is 7.10. The smallest absolute Gasteiger partial charge is 0.00739 e. The minimum Gasteiger partial charge on any atom is -0.330 e. The monoisotopic (exact) mass is 155 g/mol. The molecule has 2 heteroatoms. The minimum absolute atomic E-state index is 0.644. The van der Waals surface area contributed by atoms with Gasteiger partial charge in [0.1, 0.15) is 0 Å². The molecular formula is C8H13NS. The van der Waals surface area contributed by atoms with E-state index in [1.54, 1.807) is 0 Å². The van der Waals surface area contributed by atoms with Crippen LogP contribution in [0.15, 0.2) is 17.5 Å². The molecule has 1 aromatic heterocycles. The summed E-state index contributed by atoms with van der Waals surface area (Å²) in [5.41, 5.74) is 5.44. The van der Waals surface area contributed by atoms with Gasteiger partial charge in [0.15, 0.2) is 0 Å². The molecule has 0 spiro atoms. The Labute approximate surface area is 65.9 Å². The van der Waals surface area contributed by atoms with Gasteiger partial charge in [0.25, 0.3) is 0 Å². The summed E-state index contributed by atoms with van der Waals surface area (Å²) in [7, 11) is 0. The molecule has 1 atom stereocenters. The predicted octanol–water partition coefficient (Wildman–Crippen LogP) is 2.20. The van der Waals surface area contributed by atoms with E-state index in [0.717, 1.165) is 13.0 Å². The maximum absolute atomic E-state index is 5.44. The molecular weight excluding hydrogens is 142 g/mol. The maximum Gasteiger partial charge on any atom is 0.00739 e. The first kappa shape index (κ1) is 7.76. The van der Waals surface area contributed by atoms with Crippen molar-refractivity contribution in [1.82, 2.24) is 0 Å². The third-order valence-corrected chi connectivity index (χ3v) is 2.73. The van der Waals surface area contributed by atoms with Crippen molar-refractivity contribution in [2.24, 2.45) is 5.73 Å². The second-order valence-electron chi connectivity index (χ2n) is 2.49. The maximum atomic E-state index is 5.44. The van der Waals surface area contributed by atoms with Gasteiger partial charge < -0.3 is 5.73 Å². The molecule has 0 radical (unpaired) electrons. The Hall–Kier alpha value is -0.340. The molecule has 0 aromatic carbocycles. The summed E-state index contributed by atoms with van der Waals surface area (Å²) in [4.78, 5) is 1.45. The van der Waals surface area contributed by atoms with Crippen LogP contribution in [0.1, 0.15) is 24.1 Å². The Morgan fingerprint density at radius 1 is 1.70 bits per heavy atom. The van der Waals surface area contributed by atoms with Crippen LogP contribution in [0.25, 0.3) is 0 Å². The quantitative estimate of drug-likeness (QED) is 0.711. The van der Waals surface area contributed by atoms with Crippen molar-refractivity contribution in [3.8, 4) is 0 Å². The lowest BCUT2D eigenvalue weighted by Crippen LogP contribution is -2.02. The van der Waals surface area contributed by atoms with Gasteiger partial charge >= 0.3 is 0 Å². The predicted molar refractivity (Wildman–Crippen MR) is 46.4 cm³/mol. The second-order valence-corrected chi connectivity index (χ2v) is 3.47. The van der Waals surface area contributed by atoms with E-state index >= 15 is 0 Å². The zero-order chi connectivity index (χ0) is 7.40. The van der Waals surface area contributed by atoms with Crippen LogP contribution >= 0.6 is 11.3 Å². The van der Waals surface area contributed by atoms with E-state index in [1.165, 1.54) is 4.88 Å². The SMILES string of the molecule is C[C@H](CCN)c1cccs1. The van der Waals surface area contributed by atoms with Crippen LogP contribution in [0.3, 0.4) is 0 Å². The molecule has 1 rings (SSSR count). The first-order valence-electron chi connectivity index (χ1n) is 3.58. The molecule has 0 unspecified atom stereocenters. The normalized spacial score (nSPS) is 13.4. The summed E-state index contributed by atoms with van der Waals surface area (Å²) in [5, 5.41) is 2.11. The average molecular weight is 155 g/mol. The minimum atomic E-state index is 0.644. The fraction of sp³-hybridized carbons (Fsp3) is 0.500. The van der Waals surface area contributed by atoms with Crippen LogP contribution in [0.4, 0.5) is 0 Å². The molecule has 0 saturated carbocycles. The highest BCUT2D eigenvalue weighted by Crippen LogP contribution is 2.22. The van der Waals surface area contributed by atoms with Crippen molar-refractivity contribution in [2.45, 2.75) is 19.3 Å². The van der Waals surface area contributed by atoms with Crippen LogP contribution in [0.5, 0.6) is 0 Å². The van der Waals surface area contributed by atoms with Gasteiger partial charge in [-0.2, -0.15) is 0 Å². The van der Waals surface area contributed by atoms with Crippen molar-refractivity contribution < 1.29 is 0 Å². The lowest BCUT2D eigenvalue weighted by Gasteiger charge is -2.05.